The van der Waals surface area contributed by atoms with Crippen molar-refractivity contribution in [2.24, 2.45) is 5.41 Å². The first-order chi connectivity index (χ1) is 13.9. The van der Waals surface area contributed by atoms with Crippen molar-refractivity contribution in [1.82, 2.24) is 5.32 Å². The Morgan fingerprint density at radius 3 is 2.03 bits per heavy atom. The van der Waals surface area contributed by atoms with Crippen LogP contribution in [0.15, 0.2) is 60.7 Å². The minimum atomic E-state index is -1.01. The van der Waals surface area contributed by atoms with Crippen LogP contribution in [0.2, 0.25) is 4.31 Å². The van der Waals surface area contributed by atoms with Crippen LogP contribution in [-0.4, -0.2) is 44.3 Å². The molecule has 2 N–H and O–H groups in total. The molecule has 164 valence electrons. The Kier molecular flexibility index (Phi) is 8.29. The summed E-state index contributed by atoms with van der Waals surface area (Å²) < 4.78 is 5.81. The van der Waals surface area contributed by atoms with Crippen molar-refractivity contribution >= 4 is 25.4 Å². The molecule has 0 saturated heterocycles. The number of nitrogens with one attached hydrogen (secondary N) is 1. The molecule has 4 nitrogen and oxygen atoms in total. The van der Waals surface area contributed by atoms with Crippen LogP contribution in [0, 0.1) is 5.41 Å². The third-order valence-electron chi connectivity index (χ3n) is 4.89. The molecule has 0 amide bonds. The molecule has 30 heavy (non-hydrogen) atoms. The zero-order chi connectivity index (χ0) is 22.4. The van der Waals surface area contributed by atoms with E-state index < -0.39 is 21.4 Å². The van der Waals surface area contributed by atoms with Gasteiger partial charge in [-0.05, 0) is 0 Å². The van der Waals surface area contributed by atoms with Gasteiger partial charge in [-0.2, -0.15) is 0 Å². The molecule has 2 aromatic rings. The molecule has 0 saturated carbocycles. The van der Waals surface area contributed by atoms with E-state index in [1.807, 2.05) is 90.1 Å². The van der Waals surface area contributed by atoms with Crippen LogP contribution in [0.4, 0.5) is 0 Å². The molecule has 2 aromatic carbocycles. The van der Waals surface area contributed by atoms with Crippen LogP contribution in [0.1, 0.15) is 47.1 Å². The van der Waals surface area contributed by atoms with E-state index in [4.69, 9.17) is 4.74 Å². The number of benzene rings is 2. The molecular weight excluding hydrogens is 441 g/mol. The predicted molar refractivity (Wildman–Crippen MR) is 124 cm³/mol. The molecular formula is C25H35NO3Se. The first kappa shape index (κ1) is 24.6. The number of aliphatic hydroxyl groups excluding tert-OH is 1. The summed E-state index contributed by atoms with van der Waals surface area (Å²) in [6.07, 6.45) is -0.872. The maximum atomic E-state index is 13.3. The standard InChI is InChI=1S/C25H35NO3Se/c1-23(2,3)29-22(28)25(6,30-20-15-11-8-12-16-20)21(27)24(4,5)18-26-17-19-13-9-7-10-14-19/h7-16,21,26-27H,17-18H2,1-6H3/t21-,25-/m0/s1. The van der Waals surface area contributed by atoms with Crippen LogP contribution in [0.25, 0.3) is 0 Å². The topological polar surface area (TPSA) is 58.6 Å². The van der Waals surface area contributed by atoms with E-state index in [-0.39, 0.29) is 20.9 Å². The number of aliphatic hydroxyl groups is 1. The third kappa shape index (κ3) is 6.95. The number of rotatable bonds is 9. The van der Waals surface area contributed by atoms with Gasteiger partial charge in [0.15, 0.2) is 0 Å². The average Bonchev–Trinajstić information content (AvgIpc) is 2.67. The number of carbonyl (C=O) groups excluding carboxylic acids is 1. The first-order valence-electron chi connectivity index (χ1n) is 10.3. The molecule has 0 bridgehead atoms. The number of hydrogen-bond acceptors (Lipinski definition) is 4. The number of ether oxygens (including phenoxy) is 1. The van der Waals surface area contributed by atoms with Gasteiger partial charge in [0.2, 0.25) is 0 Å². The van der Waals surface area contributed by atoms with Gasteiger partial charge < -0.3 is 0 Å². The van der Waals surface area contributed by atoms with Crippen LogP contribution < -0.4 is 9.78 Å². The summed E-state index contributed by atoms with van der Waals surface area (Å²) in [5.74, 6) is -0.345. The third-order valence-corrected chi connectivity index (χ3v) is 7.67. The van der Waals surface area contributed by atoms with E-state index in [2.05, 4.69) is 17.4 Å². The van der Waals surface area contributed by atoms with Gasteiger partial charge in [0.1, 0.15) is 0 Å². The molecule has 0 aromatic heterocycles. The quantitative estimate of drug-likeness (QED) is 0.428. The van der Waals surface area contributed by atoms with Crippen molar-refractivity contribution in [3.05, 3.63) is 66.2 Å². The Morgan fingerprint density at radius 2 is 1.50 bits per heavy atom. The molecule has 0 aliphatic carbocycles. The summed E-state index contributed by atoms with van der Waals surface area (Å²) in [5.41, 5.74) is 0.0449. The Hall–Kier alpha value is -1.65. The number of esters is 1. The summed E-state index contributed by atoms with van der Waals surface area (Å²) in [7, 11) is 0. The predicted octanol–water partition coefficient (Wildman–Crippen LogP) is 3.71. The van der Waals surface area contributed by atoms with E-state index in [1.54, 1.807) is 0 Å². The van der Waals surface area contributed by atoms with Crippen molar-refractivity contribution < 1.29 is 14.6 Å². The van der Waals surface area contributed by atoms with Crippen LogP contribution in [0.3, 0.4) is 0 Å². The van der Waals surface area contributed by atoms with E-state index in [0.717, 1.165) is 4.46 Å². The second-order valence-corrected chi connectivity index (χ2v) is 12.7. The summed E-state index contributed by atoms with van der Waals surface area (Å²) in [5, 5.41) is 14.9. The minimum absolute atomic E-state index is 0.299. The Balaban J connectivity index is 2.20. The molecule has 2 rings (SSSR count). The number of hydrogen-bond donors (Lipinski definition) is 2. The van der Waals surface area contributed by atoms with Crippen molar-refractivity contribution in [1.29, 1.82) is 0 Å². The molecule has 5 heteroatoms. The SMILES string of the molecule is CC(C)(C)OC(=O)[C@@](C)([Se]c1ccccc1)[C@@H](O)C(C)(C)CNCc1ccccc1. The van der Waals surface area contributed by atoms with E-state index in [0.29, 0.717) is 13.1 Å². The van der Waals surface area contributed by atoms with Crippen molar-refractivity contribution in [3.63, 3.8) is 0 Å². The Morgan fingerprint density at radius 1 is 0.967 bits per heavy atom. The zero-order valence-corrected chi connectivity index (χ0v) is 20.7. The van der Waals surface area contributed by atoms with E-state index >= 15 is 0 Å². The van der Waals surface area contributed by atoms with E-state index in [9.17, 15) is 9.90 Å². The molecule has 0 radical (unpaired) electrons. The van der Waals surface area contributed by atoms with Gasteiger partial charge >= 0.3 is 188 Å². The van der Waals surface area contributed by atoms with Crippen LogP contribution in [0.5, 0.6) is 0 Å². The molecule has 0 unspecified atom stereocenters. The van der Waals surface area contributed by atoms with Crippen molar-refractivity contribution in [2.75, 3.05) is 6.54 Å². The number of carbonyl (C=O) groups is 1. The molecule has 0 heterocycles. The second kappa shape index (κ2) is 10.1. The van der Waals surface area contributed by atoms with Gasteiger partial charge in [-0.3, -0.25) is 0 Å². The molecule has 0 aliphatic heterocycles. The van der Waals surface area contributed by atoms with Crippen molar-refractivity contribution in [2.45, 2.75) is 64.1 Å². The normalized spacial score (nSPS) is 15.3. The fourth-order valence-corrected chi connectivity index (χ4v) is 6.10. The molecule has 0 spiro atoms. The Labute approximate surface area is 187 Å². The molecule has 0 aliphatic rings. The zero-order valence-electron chi connectivity index (χ0n) is 18.9. The summed E-state index contributed by atoms with van der Waals surface area (Å²) in [6, 6.07) is 20.1. The summed E-state index contributed by atoms with van der Waals surface area (Å²) in [6.45, 7) is 12.7. The average molecular weight is 477 g/mol. The first-order valence-corrected chi connectivity index (χ1v) is 12.1. The summed E-state index contributed by atoms with van der Waals surface area (Å²) in [4.78, 5) is 13.3. The maximum absolute atomic E-state index is 13.3. The van der Waals surface area contributed by atoms with Gasteiger partial charge in [0, 0.05) is 0 Å². The van der Waals surface area contributed by atoms with Gasteiger partial charge in [-0.1, -0.05) is 0 Å². The Bertz CT molecular complexity index is 802. The molecule has 2 atom stereocenters. The monoisotopic (exact) mass is 477 g/mol. The van der Waals surface area contributed by atoms with Gasteiger partial charge in [-0.15, -0.1) is 0 Å². The van der Waals surface area contributed by atoms with Crippen LogP contribution in [-0.2, 0) is 16.1 Å². The fourth-order valence-electron chi connectivity index (χ4n) is 3.29. The van der Waals surface area contributed by atoms with Gasteiger partial charge in [0.25, 0.3) is 0 Å². The van der Waals surface area contributed by atoms with Crippen molar-refractivity contribution in [3.8, 4) is 0 Å². The van der Waals surface area contributed by atoms with Gasteiger partial charge in [0.05, 0.1) is 0 Å². The summed E-state index contributed by atoms with van der Waals surface area (Å²) >= 11 is -0.299. The fraction of sp³-hybridized carbons (Fsp3) is 0.480. The van der Waals surface area contributed by atoms with E-state index in [1.165, 1.54) is 5.56 Å². The molecule has 0 fully saturated rings. The van der Waals surface area contributed by atoms with Gasteiger partial charge in [-0.25, -0.2) is 0 Å². The van der Waals surface area contributed by atoms with Crippen LogP contribution >= 0.6 is 0 Å². The second-order valence-electron chi connectivity index (χ2n) is 9.50.